The SMILES string of the molecule is Cn1c(=O)c(CCCCO)c(O)c2ccccc21. The van der Waals surface area contributed by atoms with E-state index in [1.807, 2.05) is 18.2 Å². The zero-order valence-corrected chi connectivity index (χ0v) is 10.4. The Hall–Kier alpha value is -1.81. The lowest BCUT2D eigenvalue weighted by Crippen LogP contribution is -2.21. The van der Waals surface area contributed by atoms with Crippen LogP contribution in [0.1, 0.15) is 18.4 Å². The number of aryl methyl sites for hydroxylation is 1. The summed E-state index contributed by atoms with van der Waals surface area (Å²) in [5.74, 6) is 0.0756. The molecule has 4 heteroatoms. The van der Waals surface area contributed by atoms with Crippen LogP contribution in [0.2, 0.25) is 0 Å². The minimum atomic E-state index is -0.163. The topological polar surface area (TPSA) is 62.5 Å². The second-order valence-corrected chi connectivity index (χ2v) is 4.39. The van der Waals surface area contributed by atoms with Gasteiger partial charge in [-0.1, -0.05) is 12.1 Å². The maximum absolute atomic E-state index is 12.1. The second kappa shape index (κ2) is 5.23. The lowest BCUT2D eigenvalue weighted by Gasteiger charge is -2.11. The Bertz CT molecular complexity index is 616. The van der Waals surface area contributed by atoms with E-state index in [2.05, 4.69) is 0 Å². The zero-order chi connectivity index (χ0) is 13.1. The summed E-state index contributed by atoms with van der Waals surface area (Å²) >= 11 is 0. The molecule has 0 aliphatic heterocycles. The number of para-hydroxylation sites is 1. The van der Waals surface area contributed by atoms with Gasteiger partial charge in [0.05, 0.1) is 11.1 Å². The van der Waals surface area contributed by atoms with Crippen LogP contribution in [-0.2, 0) is 13.5 Å². The Morgan fingerprint density at radius 3 is 2.67 bits per heavy atom. The predicted molar refractivity (Wildman–Crippen MR) is 70.9 cm³/mol. The molecule has 1 aromatic heterocycles. The molecule has 0 saturated heterocycles. The number of hydrogen-bond donors (Lipinski definition) is 2. The van der Waals surface area contributed by atoms with Crippen molar-refractivity contribution in [1.29, 1.82) is 0 Å². The van der Waals surface area contributed by atoms with E-state index in [4.69, 9.17) is 5.11 Å². The molecule has 18 heavy (non-hydrogen) atoms. The van der Waals surface area contributed by atoms with Crippen LogP contribution in [0.15, 0.2) is 29.1 Å². The first kappa shape index (κ1) is 12.6. The van der Waals surface area contributed by atoms with Gasteiger partial charge in [-0.3, -0.25) is 4.79 Å². The minimum absolute atomic E-state index is 0.0756. The first-order chi connectivity index (χ1) is 8.66. The van der Waals surface area contributed by atoms with Crippen molar-refractivity contribution in [1.82, 2.24) is 4.57 Å². The van der Waals surface area contributed by atoms with Crippen LogP contribution in [0.5, 0.6) is 5.75 Å². The molecule has 0 amide bonds. The number of pyridine rings is 1. The van der Waals surface area contributed by atoms with Crippen LogP contribution in [-0.4, -0.2) is 21.4 Å². The van der Waals surface area contributed by atoms with E-state index in [1.165, 1.54) is 0 Å². The fraction of sp³-hybridized carbons (Fsp3) is 0.357. The Labute approximate surface area is 105 Å². The Balaban J connectivity index is 2.56. The van der Waals surface area contributed by atoms with Gasteiger partial charge in [0.15, 0.2) is 0 Å². The molecule has 2 N–H and O–H groups in total. The van der Waals surface area contributed by atoms with E-state index < -0.39 is 0 Å². The van der Waals surface area contributed by atoms with Crippen molar-refractivity contribution in [2.45, 2.75) is 19.3 Å². The number of unbranched alkanes of at least 4 members (excludes halogenated alkanes) is 1. The Kier molecular flexibility index (Phi) is 3.67. The second-order valence-electron chi connectivity index (χ2n) is 4.39. The molecule has 0 aliphatic carbocycles. The molecule has 0 spiro atoms. The van der Waals surface area contributed by atoms with Gasteiger partial charge in [0.25, 0.3) is 5.56 Å². The quantitative estimate of drug-likeness (QED) is 0.806. The molecule has 0 fully saturated rings. The van der Waals surface area contributed by atoms with Gasteiger partial charge in [-0.2, -0.15) is 0 Å². The summed E-state index contributed by atoms with van der Waals surface area (Å²) in [6, 6.07) is 7.30. The average molecular weight is 247 g/mol. The van der Waals surface area contributed by atoms with Crippen molar-refractivity contribution >= 4 is 10.9 Å². The Morgan fingerprint density at radius 2 is 1.94 bits per heavy atom. The molecule has 4 nitrogen and oxygen atoms in total. The predicted octanol–water partition coefficient (Wildman–Crippen LogP) is 1.56. The van der Waals surface area contributed by atoms with Crippen LogP contribution >= 0.6 is 0 Å². The van der Waals surface area contributed by atoms with E-state index >= 15 is 0 Å². The number of aliphatic hydroxyl groups is 1. The first-order valence-electron chi connectivity index (χ1n) is 6.07. The number of fused-ring (bicyclic) bond motifs is 1. The molecule has 2 rings (SSSR count). The molecule has 0 unspecified atom stereocenters. The maximum Gasteiger partial charge on any atom is 0.257 e. The maximum atomic E-state index is 12.1. The van der Waals surface area contributed by atoms with E-state index in [0.717, 1.165) is 5.52 Å². The summed E-state index contributed by atoms with van der Waals surface area (Å²) in [4.78, 5) is 12.1. The zero-order valence-electron chi connectivity index (χ0n) is 10.4. The fourth-order valence-corrected chi connectivity index (χ4v) is 2.18. The summed E-state index contributed by atoms with van der Waals surface area (Å²) in [5.41, 5.74) is 1.000. The number of nitrogens with zero attached hydrogens (tertiary/aromatic N) is 1. The number of benzene rings is 1. The molecule has 0 bridgehead atoms. The summed E-state index contributed by atoms with van der Waals surface area (Å²) in [6.45, 7) is 0.106. The van der Waals surface area contributed by atoms with Crippen molar-refractivity contribution in [3.8, 4) is 5.75 Å². The molecule has 0 aliphatic rings. The third kappa shape index (κ3) is 2.11. The summed E-state index contributed by atoms with van der Waals surface area (Å²) < 4.78 is 1.56. The highest BCUT2D eigenvalue weighted by molar-refractivity contribution is 5.86. The molecule has 2 aromatic rings. The third-order valence-electron chi connectivity index (χ3n) is 3.20. The highest BCUT2D eigenvalue weighted by atomic mass is 16.3. The molecule has 1 aromatic carbocycles. The molecular weight excluding hydrogens is 230 g/mol. The molecule has 0 saturated carbocycles. The van der Waals surface area contributed by atoms with Crippen LogP contribution in [0.4, 0.5) is 0 Å². The molecular formula is C14H17NO3. The van der Waals surface area contributed by atoms with Crippen molar-refractivity contribution in [3.63, 3.8) is 0 Å². The summed E-state index contributed by atoms with van der Waals surface area (Å²) in [5, 5.41) is 19.6. The number of aromatic nitrogens is 1. The lowest BCUT2D eigenvalue weighted by molar-refractivity contribution is 0.284. The van der Waals surface area contributed by atoms with Crippen molar-refractivity contribution in [2.75, 3.05) is 6.61 Å². The lowest BCUT2D eigenvalue weighted by atomic mass is 10.1. The third-order valence-corrected chi connectivity index (χ3v) is 3.20. The van der Waals surface area contributed by atoms with Gasteiger partial charge in [-0.25, -0.2) is 0 Å². The first-order valence-corrected chi connectivity index (χ1v) is 6.07. The van der Waals surface area contributed by atoms with Crippen molar-refractivity contribution < 1.29 is 10.2 Å². The van der Waals surface area contributed by atoms with Gasteiger partial charge in [-0.15, -0.1) is 0 Å². The standard InChI is InChI=1S/C14H17NO3/c1-15-12-8-3-2-6-10(12)13(17)11(14(15)18)7-4-5-9-16/h2-3,6,8,16-17H,4-5,7,9H2,1H3. The van der Waals surface area contributed by atoms with Gasteiger partial charge >= 0.3 is 0 Å². The monoisotopic (exact) mass is 247 g/mol. The highest BCUT2D eigenvalue weighted by Gasteiger charge is 2.13. The minimum Gasteiger partial charge on any atom is -0.507 e. The van der Waals surface area contributed by atoms with Gasteiger partial charge in [-0.05, 0) is 31.4 Å². The fourth-order valence-electron chi connectivity index (χ4n) is 2.18. The Morgan fingerprint density at radius 1 is 1.22 bits per heavy atom. The van der Waals surface area contributed by atoms with Gasteiger partial charge in [0.1, 0.15) is 5.75 Å². The van der Waals surface area contributed by atoms with Crippen LogP contribution in [0.3, 0.4) is 0 Å². The van der Waals surface area contributed by atoms with Crippen LogP contribution in [0, 0.1) is 0 Å². The summed E-state index contributed by atoms with van der Waals surface area (Å²) in [7, 11) is 1.71. The van der Waals surface area contributed by atoms with E-state index in [-0.39, 0.29) is 17.9 Å². The van der Waals surface area contributed by atoms with E-state index in [0.29, 0.717) is 30.2 Å². The van der Waals surface area contributed by atoms with Gasteiger partial charge in [0, 0.05) is 19.0 Å². The molecule has 1 heterocycles. The normalized spacial score (nSPS) is 11.0. The number of aliphatic hydroxyl groups excluding tert-OH is 1. The van der Waals surface area contributed by atoms with Crippen LogP contribution in [0.25, 0.3) is 10.9 Å². The largest absolute Gasteiger partial charge is 0.507 e. The van der Waals surface area contributed by atoms with E-state index in [1.54, 1.807) is 17.7 Å². The number of rotatable bonds is 4. The highest BCUT2D eigenvalue weighted by Crippen LogP contribution is 2.26. The molecule has 96 valence electrons. The van der Waals surface area contributed by atoms with Crippen LogP contribution < -0.4 is 5.56 Å². The van der Waals surface area contributed by atoms with Gasteiger partial charge in [0.2, 0.25) is 0 Å². The van der Waals surface area contributed by atoms with Crippen molar-refractivity contribution in [3.05, 3.63) is 40.2 Å². The molecule has 0 atom stereocenters. The molecule has 0 radical (unpaired) electrons. The van der Waals surface area contributed by atoms with Crippen molar-refractivity contribution in [2.24, 2.45) is 7.05 Å². The average Bonchev–Trinajstić information content (AvgIpc) is 2.40. The van der Waals surface area contributed by atoms with Gasteiger partial charge < -0.3 is 14.8 Å². The summed E-state index contributed by atoms with van der Waals surface area (Å²) in [6.07, 6.45) is 1.82. The number of hydrogen-bond acceptors (Lipinski definition) is 3. The smallest absolute Gasteiger partial charge is 0.257 e. The van der Waals surface area contributed by atoms with E-state index in [9.17, 15) is 9.90 Å². The number of aromatic hydroxyl groups is 1.